The van der Waals surface area contributed by atoms with Gasteiger partial charge in [-0.05, 0) is 24.3 Å². The van der Waals surface area contributed by atoms with Crippen LogP contribution in [0.1, 0.15) is 48.7 Å². The predicted octanol–water partition coefficient (Wildman–Crippen LogP) is 3.09. The standard InChI is InChI=1S/C19H25N3O3S2/c1-13(2)14-6-8-15(9-7-14)18-20-17(12-26-18)19(23)22-10-4-5-16(11-22)21-27(3,24)25/h6-9,12-13,16,21H,4-5,10-11H2,1-3H3. The van der Waals surface area contributed by atoms with E-state index in [1.165, 1.54) is 16.9 Å². The van der Waals surface area contributed by atoms with Crippen LogP contribution < -0.4 is 4.72 Å². The molecule has 6 nitrogen and oxygen atoms in total. The van der Waals surface area contributed by atoms with Gasteiger partial charge in [-0.2, -0.15) is 0 Å². The molecule has 1 aromatic heterocycles. The Morgan fingerprint density at radius 3 is 2.63 bits per heavy atom. The van der Waals surface area contributed by atoms with Crippen molar-refractivity contribution in [2.75, 3.05) is 19.3 Å². The van der Waals surface area contributed by atoms with Gasteiger partial charge in [0.1, 0.15) is 10.7 Å². The number of benzene rings is 1. The summed E-state index contributed by atoms with van der Waals surface area (Å²) in [7, 11) is -3.28. The molecule has 1 fully saturated rings. The van der Waals surface area contributed by atoms with Crippen LogP contribution in [0, 0.1) is 0 Å². The lowest BCUT2D eigenvalue weighted by molar-refractivity contribution is 0.0698. The number of piperidine rings is 1. The summed E-state index contributed by atoms with van der Waals surface area (Å²) in [4.78, 5) is 19.0. The zero-order valence-electron chi connectivity index (χ0n) is 15.8. The van der Waals surface area contributed by atoms with E-state index in [4.69, 9.17) is 0 Å². The first-order valence-electron chi connectivity index (χ1n) is 9.05. The zero-order chi connectivity index (χ0) is 19.6. The quantitative estimate of drug-likeness (QED) is 0.826. The zero-order valence-corrected chi connectivity index (χ0v) is 17.4. The number of hydrogen-bond acceptors (Lipinski definition) is 5. The summed E-state index contributed by atoms with van der Waals surface area (Å²) in [5, 5.41) is 2.60. The number of amides is 1. The maximum absolute atomic E-state index is 12.8. The lowest BCUT2D eigenvalue weighted by Gasteiger charge is -2.32. The first-order valence-corrected chi connectivity index (χ1v) is 11.8. The van der Waals surface area contributed by atoms with E-state index in [9.17, 15) is 13.2 Å². The highest BCUT2D eigenvalue weighted by Gasteiger charge is 2.27. The Balaban J connectivity index is 1.71. The highest BCUT2D eigenvalue weighted by molar-refractivity contribution is 7.88. The van der Waals surface area contributed by atoms with Gasteiger partial charge in [0.2, 0.25) is 10.0 Å². The van der Waals surface area contributed by atoms with Gasteiger partial charge in [0, 0.05) is 30.1 Å². The monoisotopic (exact) mass is 407 g/mol. The summed E-state index contributed by atoms with van der Waals surface area (Å²) in [5.74, 6) is 0.330. The molecule has 1 aliphatic rings. The molecule has 1 N–H and O–H groups in total. The second-order valence-corrected chi connectivity index (χ2v) is 9.93. The van der Waals surface area contributed by atoms with Gasteiger partial charge in [0.25, 0.3) is 5.91 Å². The van der Waals surface area contributed by atoms with Crippen molar-refractivity contribution >= 4 is 27.3 Å². The minimum atomic E-state index is -3.28. The second-order valence-electron chi connectivity index (χ2n) is 7.29. The van der Waals surface area contributed by atoms with E-state index in [0.717, 1.165) is 29.7 Å². The molecule has 1 atom stereocenters. The molecule has 0 bridgehead atoms. The van der Waals surface area contributed by atoms with Gasteiger partial charge in [-0.25, -0.2) is 18.1 Å². The summed E-state index contributed by atoms with van der Waals surface area (Å²) < 4.78 is 25.5. The van der Waals surface area contributed by atoms with Crippen molar-refractivity contribution < 1.29 is 13.2 Å². The molecule has 0 radical (unpaired) electrons. The van der Waals surface area contributed by atoms with Crippen LogP contribution in [-0.4, -0.2) is 49.6 Å². The number of nitrogens with one attached hydrogen (secondary N) is 1. The fourth-order valence-electron chi connectivity index (χ4n) is 3.24. The number of sulfonamides is 1. The van der Waals surface area contributed by atoms with Crippen LogP contribution in [0.4, 0.5) is 0 Å². The molecular weight excluding hydrogens is 382 g/mol. The van der Waals surface area contributed by atoms with E-state index in [0.29, 0.717) is 24.7 Å². The molecule has 2 aromatic rings. The maximum Gasteiger partial charge on any atom is 0.273 e. The van der Waals surface area contributed by atoms with Crippen molar-refractivity contribution in [2.24, 2.45) is 0 Å². The molecule has 1 aromatic carbocycles. The van der Waals surface area contributed by atoms with E-state index >= 15 is 0 Å². The Hall–Kier alpha value is -1.77. The van der Waals surface area contributed by atoms with Crippen molar-refractivity contribution in [1.82, 2.24) is 14.6 Å². The number of carbonyl (C=O) groups excluding carboxylic acids is 1. The molecule has 2 heterocycles. The van der Waals surface area contributed by atoms with E-state index < -0.39 is 10.0 Å². The number of carbonyl (C=O) groups is 1. The van der Waals surface area contributed by atoms with Crippen LogP contribution >= 0.6 is 11.3 Å². The Kier molecular flexibility index (Phi) is 5.98. The van der Waals surface area contributed by atoms with E-state index in [1.54, 1.807) is 10.3 Å². The van der Waals surface area contributed by atoms with Crippen LogP contribution in [0.15, 0.2) is 29.6 Å². The number of aromatic nitrogens is 1. The minimum absolute atomic E-state index is 0.142. The molecule has 0 aliphatic carbocycles. The fourth-order valence-corrected chi connectivity index (χ4v) is 4.84. The van der Waals surface area contributed by atoms with Gasteiger partial charge in [-0.15, -0.1) is 11.3 Å². The minimum Gasteiger partial charge on any atom is -0.336 e. The molecule has 146 valence electrons. The Bertz CT molecular complexity index is 905. The molecule has 3 rings (SSSR count). The highest BCUT2D eigenvalue weighted by atomic mass is 32.2. The molecule has 27 heavy (non-hydrogen) atoms. The van der Waals surface area contributed by atoms with Gasteiger partial charge < -0.3 is 4.90 Å². The van der Waals surface area contributed by atoms with E-state index in [2.05, 4.69) is 35.7 Å². The molecular formula is C19H25N3O3S2. The molecule has 1 aliphatic heterocycles. The lowest BCUT2D eigenvalue weighted by Crippen LogP contribution is -2.49. The molecule has 0 spiro atoms. The van der Waals surface area contributed by atoms with E-state index in [-0.39, 0.29) is 11.9 Å². The number of likely N-dealkylation sites (tertiary alicyclic amines) is 1. The third-order valence-electron chi connectivity index (χ3n) is 4.64. The second kappa shape index (κ2) is 8.08. The Labute approximate surface area is 164 Å². The van der Waals surface area contributed by atoms with Crippen molar-refractivity contribution in [3.05, 3.63) is 40.9 Å². The van der Waals surface area contributed by atoms with Gasteiger partial charge >= 0.3 is 0 Å². The number of nitrogens with zero attached hydrogens (tertiary/aromatic N) is 2. The first-order chi connectivity index (χ1) is 12.7. The highest BCUT2D eigenvalue weighted by Crippen LogP contribution is 2.26. The first kappa shape index (κ1) is 20.0. The smallest absolute Gasteiger partial charge is 0.273 e. The third-order valence-corrected chi connectivity index (χ3v) is 6.29. The van der Waals surface area contributed by atoms with Gasteiger partial charge in [0.05, 0.1) is 6.26 Å². The molecule has 1 unspecified atom stereocenters. The number of thiazole rings is 1. The van der Waals surface area contributed by atoms with Crippen LogP contribution in [0.5, 0.6) is 0 Å². The van der Waals surface area contributed by atoms with Crippen molar-refractivity contribution in [1.29, 1.82) is 0 Å². The summed E-state index contributed by atoms with van der Waals surface area (Å²) in [6.07, 6.45) is 2.65. The third kappa shape index (κ3) is 5.15. The van der Waals surface area contributed by atoms with Crippen LogP contribution in [0.25, 0.3) is 10.6 Å². The molecule has 8 heteroatoms. The predicted molar refractivity (Wildman–Crippen MR) is 109 cm³/mol. The summed E-state index contributed by atoms with van der Waals surface area (Å²) >= 11 is 1.45. The number of rotatable bonds is 5. The summed E-state index contributed by atoms with van der Waals surface area (Å²) in [5.41, 5.74) is 2.69. The van der Waals surface area contributed by atoms with Gasteiger partial charge in [0.15, 0.2) is 0 Å². The van der Waals surface area contributed by atoms with Crippen molar-refractivity contribution in [2.45, 2.75) is 38.6 Å². The molecule has 1 amide bonds. The summed E-state index contributed by atoms with van der Waals surface area (Å²) in [6, 6.07) is 8.02. The topological polar surface area (TPSA) is 79.4 Å². The average Bonchev–Trinajstić information content (AvgIpc) is 3.10. The van der Waals surface area contributed by atoms with Gasteiger partial charge in [-0.1, -0.05) is 38.1 Å². The van der Waals surface area contributed by atoms with Crippen LogP contribution in [0.3, 0.4) is 0 Å². The SMILES string of the molecule is CC(C)c1ccc(-c2nc(C(=O)N3CCCC(NS(C)(=O)=O)C3)cs2)cc1. The maximum atomic E-state index is 12.8. The normalized spacial score (nSPS) is 18.1. The number of hydrogen-bond donors (Lipinski definition) is 1. The Morgan fingerprint density at radius 1 is 1.30 bits per heavy atom. The van der Waals surface area contributed by atoms with E-state index in [1.807, 2.05) is 12.1 Å². The van der Waals surface area contributed by atoms with Gasteiger partial charge in [-0.3, -0.25) is 4.79 Å². The van der Waals surface area contributed by atoms with Crippen LogP contribution in [0.2, 0.25) is 0 Å². The van der Waals surface area contributed by atoms with Crippen molar-refractivity contribution in [3.8, 4) is 10.6 Å². The molecule has 1 saturated heterocycles. The fraction of sp³-hybridized carbons (Fsp3) is 0.474. The summed E-state index contributed by atoms with van der Waals surface area (Å²) in [6.45, 7) is 5.30. The van der Waals surface area contributed by atoms with Crippen molar-refractivity contribution in [3.63, 3.8) is 0 Å². The largest absolute Gasteiger partial charge is 0.336 e. The lowest BCUT2D eigenvalue weighted by atomic mass is 10.0. The average molecular weight is 408 g/mol. The Morgan fingerprint density at radius 2 is 2.00 bits per heavy atom. The van der Waals surface area contributed by atoms with Crippen LogP contribution in [-0.2, 0) is 10.0 Å². The molecule has 0 saturated carbocycles.